The molecular formula is C14H19F3N2O. The van der Waals surface area contributed by atoms with Gasteiger partial charge in [-0.3, -0.25) is 0 Å². The number of nitrogens with one attached hydrogen (secondary N) is 1. The summed E-state index contributed by atoms with van der Waals surface area (Å²) >= 11 is 0. The number of rotatable bonds is 2. The van der Waals surface area contributed by atoms with Crippen molar-refractivity contribution in [1.29, 1.82) is 0 Å². The van der Waals surface area contributed by atoms with Crippen molar-refractivity contribution in [2.24, 2.45) is 0 Å². The van der Waals surface area contributed by atoms with E-state index in [0.717, 1.165) is 18.8 Å². The van der Waals surface area contributed by atoms with Gasteiger partial charge in [-0.15, -0.1) is 13.2 Å². The Balaban J connectivity index is 2.21. The second kappa shape index (κ2) is 5.16. The standard InChI is InChI=1S/C14H19F3N2O/c1-10-8-18-13(2,3)9-19(10)11-5-4-6-12(7-11)20-14(15,16)17/h4-7,10,18H,8-9H2,1-3H3. The number of ether oxygens (including phenoxy) is 1. The molecule has 1 aromatic rings. The predicted octanol–water partition coefficient (Wildman–Crippen LogP) is 3.16. The molecule has 1 heterocycles. The lowest BCUT2D eigenvalue weighted by Gasteiger charge is -2.44. The van der Waals surface area contributed by atoms with Crippen LogP contribution in [0.15, 0.2) is 24.3 Å². The van der Waals surface area contributed by atoms with Crippen molar-refractivity contribution in [3.05, 3.63) is 24.3 Å². The van der Waals surface area contributed by atoms with E-state index in [1.54, 1.807) is 12.1 Å². The third-order valence-electron chi connectivity index (χ3n) is 3.36. The van der Waals surface area contributed by atoms with E-state index in [2.05, 4.69) is 28.8 Å². The molecule has 112 valence electrons. The van der Waals surface area contributed by atoms with Crippen LogP contribution in [0.25, 0.3) is 0 Å². The molecule has 0 saturated carbocycles. The predicted molar refractivity (Wildman–Crippen MR) is 72.0 cm³/mol. The van der Waals surface area contributed by atoms with Gasteiger partial charge in [0.1, 0.15) is 5.75 Å². The molecule has 0 radical (unpaired) electrons. The number of anilines is 1. The van der Waals surface area contributed by atoms with Gasteiger partial charge >= 0.3 is 6.36 Å². The first-order valence-corrected chi connectivity index (χ1v) is 6.54. The van der Waals surface area contributed by atoms with Crippen molar-refractivity contribution < 1.29 is 17.9 Å². The fourth-order valence-corrected chi connectivity index (χ4v) is 2.38. The molecule has 1 aromatic carbocycles. The Morgan fingerprint density at radius 2 is 2.05 bits per heavy atom. The number of hydrogen-bond donors (Lipinski definition) is 1. The third-order valence-corrected chi connectivity index (χ3v) is 3.36. The zero-order valence-electron chi connectivity index (χ0n) is 11.8. The molecule has 3 nitrogen and oxygen atoms in total. The van der Waals surface area contributed by atoms with E-state index in [1.165, 1.54) is 12.1 Å². The largest absolute Gasteiger partial charge is 0.573 e. The molecule has 1 N–H and O–H groups in total. The summed E-state index contributed by atoms with van der Waals surface area (Å²) in [6.45, 7) is 7.70. The molecule has 1 unspecified atom stereocenters. The molecule has 0 bridgehead atoms. The molecule has 20 heavy (non-hydrogen) atoms. The van der Waals surface area contributed by atoms with E-state index >= 15 is 0 Å². The molecule has 0 amide bonds. The number of hydrogen-bond acceptors (Lipinski definition) is 3. The maximum atomic E-state index is 12.3. The lowest BCUT2D eigenvalue weighted by Crippen LogP contribution is -2.61. The van der Waals surface area contributed by atoms with E-state index < -0.39 is 6.36 Å². The van der Waals surface area contributed by atoms with Crippen LogP contribution >= 0.6 is 0 Å². The van der Waals surface area contributed by atoms with Gasteiger partial charge in [-0.1, -0.05) is 6.07 Å². The highest BCUT2D eigenvalue weighted by molar-refractivity contribution is 5.52. The summed E-state index contributed by atoms with van der Waals surface area (Å²) in [5.74, 6) is -0.182. The van der Waals surface area contributed by atoms with Crippen LogP contribution in [-0.4, -0.2) is 31.0 Å². The summed E-state index contributed by atoms with van der Waals surface area (Å²) in [7, 11) is 0. The van der Waals surface area contributed by atoms with Gasteiger partial charge in [0.2, 0.25) is 0 Å². The summed E-state index contributed by atoms with van der Waals surface area (Å²) in [6.07, 6.45) is -4.66. The highest BCUT2D eigenvalue weighted by Gasteiger charge is 2.33. The smallest absolute Gasteiger partial charge is 0.406 e. The van der Waals surface area contributed by atoms with Gasteiger partial charge < -0.3 is 15.0 Å². The Hall–Kier alpha value is -1.43. The van der Waals surface area contributed by atoms with Crippen LogP contribution in [-0.2, 0) is 0 Å². The maximum Gasteiger partial charge on any atom is 0.573 e. The van der Waals surface area contributed by atoms with Crippen molar-refractivity contribution in [2.45, 2.75) is 38.7 Å². The minimum absolute atomic E-state index is 0.0760. The molecule has 6 heteroatoms. The summed E-state index contributed by atoms with van der Waals surface area (Å²) in [5.41, 5.74) is 0.668. The fraction of sp³-hybridized carbons (Fsp3) is 0.571. The highest BCUT2D eigenvalue weighted by Crippen LogP contribution is 2.29. The number of nitrogens with zero attached hydrogens (tertiary/aromatic N) is 1. The van der Waals surface area contributed by atoms with Gasteiger partial charge in [0.05, 0.1) is 0 Å². The van der Waals surface area contributed by atoms with Crippen molar-refractivity contribution in [2.75, 3.05) is 18.0 Å². The topological polar surface area (TPSA) is 24.5 Å². The van der Waals surface area contributed by atoms with Crippen LogP contribution in [0.5, 0.6) is 5.75 Å². The van der Waals surface area contributed by atoms with E-state index in [1.807, 2.05) is 6.92 Å². The van der Waals surface area contributed by atoms with Crippen LogP contribution in [0.2, 0.25) is 0 Å². The lowest BCUT2D eigenvalue weighted by atomic mass is 9.98. The van der Waals surface area contributed by atoms with Crippen molar-refractivity contribution in [3.8, 4) is 5.75 Å². The molecule has 0 aromatic heterocycles. The number of alkyl halides is 3. The normalized spacial score (nSPS) is 22.7. The summed E-state index contributed by atoms with van der Waals surface area (Å²) in [5, 5.41) is 3.41. The summed E-state index contributed by atoms with van der Waals surface area (Å²) in [4.78, 5) is 2.10. The Kier molecular flexibility index (Phi) is 3.86. The third kappa shape index (κ3) is 3.79. The molecule has 1 fully saturated rings. The molecule has 2 rings (SSSR count). The average Bonchev–Trinajstić information content (AvgIpc) is 2.30. The second-order valence-corrected chi connectivity index (χ2v) is 5.79. The molecule has 0 aliphatic carbocycles. The zero-order chi connectivity index (χ0) is 15.0. The van der Waals surface area contributed by atoms with E-state index in [9.17, 15) is 13.2 Å². The zero-order valence-corrected chi connectivity index (χ0v) is 11.8. The van der Waals surface area contributed by atoms with Gasteiger partial charge in [-0.25, -0.2) is 0 Å². The summed E-state index contributed by atoms with van der Waals surface area (Å²) in [6, 6.07) is 6.35. The first-order chi connectivity index (χ1) is 9.16. The minimum atomic E-state index is -4.66. The summed E-state index contributed by atoms with van der Waals surface area (Å²) < 4.78 is 40.8. The maximum absolute atomic E-state index is 12.3. The molecule has 1 atom stereocenters. The first-order valence-electron chi connectivity index (χ1n) is 6.54. The van der Waals surface area contributed by atoms with Gasteiger partial charge in [0, 0.05) is 36.4 Å². The lowest BCUT2D eigenvalue weighted by molar-refractivity contribution is -0.274. The monoisotopic (exact) mass is 288 g/mol. The highest BCUT2D eigenvalue weighted by atomic mass is 19.4. The fourth-order valence-electron chi connectivity index (χ4n) is 2.38. The molecule has 1 saturated heterocycles. The van der Waals surface area contributed by atoms with Crippen LogP contribution in [0, 0.1) is 0 Å². The Labute approximate surface area is 116 Å². The number of halogens is 3. The molecule has 0 spiro atoms. The van der Waals surface area contributed by atoms with Crippen LogP contribution in [0.4, 0.5) is 18.9 Å². The van der Waals surface area contributed by atoms with Crippen LogP contribution in [0.3, 0.4) is 0 Å². The van der Waals surface area contributed by atoms with E-state index in [4.69, 9.17) is 0 Å². The van der Waals surface area contributed by atoms with Crippen molar-refractivity contribution in [1.82, 2.24) is 5.32 Å². The van der Waals surface area contributed by atoms with E-state index in [-0.39, 0.29) is 17.3 Å². The minimum Gasteiger partial charge on any atom is -0.406 e. The number of benzene rings is 1. The average molecular weight is 288 g/mol. The van der Waals surface area contributed by atoms with Crippen molar-refractivity contribution >= 4 is 5.69 Å². The van der Waals surface area contributed by atoms with Crippen molar-refractivity contribution in [3.63, 3.8) is 0 Å². The van der Waals surface area contributed by atoms with Gasteiger partial charge in [-0.2, -0.15) is 0 Å². The van der Waals surface area contributed by atoms with Crippen LogP contribution < -0.4 is 15.0 Å². The quantitative estimate of drug-likeness (QED) is 0.904. The van der Waals surface area contributed by atoms with Gasteiger partial charge in [0.25, 0.3) is 0 Å². The van der Waals surface area contributed by atoms with Gasteiger partial charge in [0.15, 0.2) is 0 Å². The SMILES string of the molecule is CC1CNC(C)(C)CN1c1cccc(OC(F)(F)F)c1. The van der Waals surface area contributed by atoms with Crippen LogP contribution in [0.1, 0.15) is 20.8 Å². The second-order valence-electron chi connectivity index (χ2n) is 5.79. The van der Waals surface area contributed by atoms with E-state index in [0.29, 0.717) is 0 Å². The van der Waals surface area contributed by atoms with Gasteiger partial charge in [-0.05, 0) is 32.9 Å². The first kappa shape index (κ1) is 15.0. The Morgan fingerprint density at radius 1 is 1.35 bits per heavy atom. The molecule has 1 aliphatic heterocycles. The Morgan fingerprint density at radius 3 is 2.70 bits per heavy atom. The number of piperazine rings is 1. The molecule has 1 aliphatic rings. The Bertz CT molecular complexity index is 474. The molecular weight excluding hydrogens is 269 g/mol.